The summed E-state index contributed by atoms with van der Waals surface area (Å²) in [5, 5.41) is 9.36. The standard InChI is InChI=1S/C18H14ClNO3/c19-16-6-4-15(5-7-16)17(21)8-9-18(22)23-12-14-3-1-2-13(10-14)11-20/h1-7,10H,8-9,12H2. The van der Waals surface area contributed by atoms with Gasteiger partial charge in [-0.1, -0.05) is 23.7 Å². The highest BCUT2D eigenvalue weighted by Crippen LogP contribution is 2.12. The normalized spacial score (nSPS) is 9.91. The fourth-order valence-corrected chi connectivity index (χ4v) is 2.09. The number of Topliss-reactive ketones (excluding diaryl/α,β-unsaturated/α-hetero) is 1. The van der Waals surface area contributed by atoms with E-state index >= 15 is 0 Å². The summed E-state index contributed by atoms with van der Waals surface area (Å²) in [4.78, 5) is 23.6. The zero-order chi connectivity index (χ0) is 16.7. The van der Waals surface area contributed by atoms with Crippen LogP contribution in [0.1, 0.15) is 34.3 Å². The topological polar surface area (TPSA) is 67.2 Å². The number of rotatable bonds is 6. The molecule has 2 rings (SSSR count). The van der Waals surface area contributed by atoms with Crippen molar-refractivity contribution in [3.63, 3.8) is 0 Å². The zero-order valence-electron chi connectivity index (χ0n) is 12.3. The van der Waals surface area contributed by atoms with Crippen LogP contribution in [0.3, 0.4) is 0 Å². The van der Waals surface area contributed by atoms with Crippen molar-refractivity contribution in [3.8, 4) is 6.07 Å². The van der Waals surface area contributed by atoms with E-state index in [9.17, 15) is 9.59 Å². The van der Waals surface area contributed by atoms with E-state index in [1.165, 1.54) is 0 Å². The molecule has 0 aliphatic rings. The van der Waals surface area contributed by atoms with Crippen molar-refractivity contribution in [2.75, 3.05) is 0 Å². The first-order valence-electron chi connectivity index (χ1n) is 7.02. The Balaban J connectivity index is 1.79. The third-order valence-corrected chi connectivity index (χ3v) is 3.43. The number of nitriles is 1. The highest BCUT2D eigenvalue weighted by atomic mass is 35.5. The average Bonchev–Trinajstić information content (AvgIpc) is 2.58. The van der Waals surface area contributed by atoms with Crippen molar-refractivity contribution in [2.45, 2.75) is 19.4 Å². The number of ketones is 1. The van der Waals surface area contributed by atoms with Crippen LogP contribution in [0, 0.1) is 11.3 Å². The van der Waals surface area contributed by atoms with E-state index in [4.69, 9.17) is 21.6 Å². The molecule has 0 N–H and O–H groups in total. The number of carbonyl (C=O) groups excluding carboxylic acids is 2. The molecule has 5 heteroatoms. The molecule has 0 atom stereocenters. The molecule has 0 saturated carbocycles. The summed E-state index contributed by atoms with van der Waals surface area (Å²) in [6, 6.07) is 15.4. The molecule has 0 saturated heterocycles. The summed E-state index contributed by atoms with van der Waals surface area (Å²) in [5.41, 5.74) is 1.77. The van der Waals surface area contributed by atoms with E-state index in [1.807, 2.05) is 6.07 Å². The van der Waals surface area contributed by atoms with Gasteiger partial charge in [0.05, 0.1) is 18.1 Å². The zero-order valence-corrected chi connectivity index (χ0v) is 13.0. The van der Waals surface area contributed by atoms with Gasteiger partial charge in [-0.3, -0.25) is 9.59 Å². The second-order valence-electron chi connectivity index (χ2n) is 4.90. The lowest BCUT2D eigenvalue weighted by Crippen LogP contribution is -2.08. The molecule has 0 fully saturated rings. The number of ether oxygens (including phenoxy) is 1. The first kappa shape index (κ1) is 16.7. The Labute approximate surface area is 139 Å². The minimum Gasteiger partial charge on any atom is -0.461 e. The third kappa shape index (κ3) is 5.24. The van der Waals surface area contributed by atoms with Gasteiger partial charge in [0.1, 0.15) is 6.61 Å². The molecule has 0 heterocycles. The second kappa shape index (κ2) is 8.11. The Bertz CT molecular complexity index is 748. The lowest BCUT2D eigenvalue weighted by atomic mass is 10.1. The maximum absolute atomic E-state index is 11.9. The molecule has 0 aliphatic heterocycles. The van der Waals surface area contributed by atoms with Crippen LogP contribution >= 0.6 is 11.6 Å². The molecule has 0 bridgehead atoms. The van der Waals surface area contributed by atoms with Crippen molar-refractivity contribution >= 4 is 23.4 Å². The predicted molar refractivity (Wildman–Crippen MR) is 86.0 cm³/mol. The molecular formula is C18H14ClNO3. The van der Waals surface area contributed by atoms with Crippen LogP contribution in [0.5, 0.6) is 0 Å². The Morgan fingerprint density at radius 3 is 2.52 bits per heavy atom. The van der Waals surface area contributed by atoms with E-state index in [0.717, 1.165) is 5.56 Å². The van der Waals surface area contributed by atoms with Gasteiger partial charge in [0, 0.05) is 17.0 Å². The molecule has 0 radical (unpaired) electrons. The van der Waals surface area contributed by atoms with Crippen molar-refractivity contribution in [1.82, 2.24) is 0 Å². The molecule has 0 aromatic heterocycles. The van der Waals surface area contributed by atoms with Gasteiger partial charge in [-0.15, -0.1) is 0 Å². The van der Waals surface area contributed by atoms with Gasteiger partial charge in [-0.05, 0) is 42.0 Å². The lowest BCUT2D eigenvalue weighted by molar-refractivity contribution is -0.144. The number of hydrogen-bond donors (Lipinski definition) is 0. The lowest BCUT2D eigenvalue weighted by Gasteiger charge is -2.05. The average molecular weight is 328 g/mol. The fourth-order valence-electron chi connectivity index (χ4n) is 1.96. The Kier molecular flexibility index (Phi) is 5.90. The maximum atomic E-state index is 11.9. The molecule has 2 aromatic carbocycles. The number of esters is 1. The van der Waals surface area contributed by atoms with Crippen LogP contribution in [0.25, 0.3) is 0 Å². The Hall–Kier alpha value is -2.64. The minimum absolute atomic E-state index is 0.0133. The number of benzene rings is 2. The minimum atomic E-state index is -0.449. The van der Waals surface area contributed by atoms with Crippen molar-refractivity contribution in [1.29, 1.82) is 5.26 Å². The van der Waals surface area contributed by atoms with Crippen LogP contribution in [-0.2, 0) is 16.1 Å². The summed E-state index contributed by atoms with van der Waals surface area (Å²) in [7, 11) is 0. The quantitative estimate of drug-likeness (QED) is 0.595. The van der Waals surface area contributed by atoms with Gasteiger partial charge in [0.25, 0.3) is 0 Å². The van der Waals surface area contributed by atoms with Crippen LogP contribution < -0.4 is 0 Å². The first-order valence-corrected chi connectivity index (χ1v) is 7.39. The third-order valence-electron chi connectivity index (χ3n) is 3.18. The molecule has 0 unspecified atom stereocenters. The van der Waals surface area contributed by atoms with E-state index < -0.39 is 5.97 Å². The van der Waals surface area contributed by atoms with Crippen molar-refractivity contribution < 1.29 is 14.3 Å². The maximum Gasteiger partial charge on any atom is 0.306 e. The second-order valence-corrected chi connectivity index (χ2v) is 5.34. The summed E-state index contributed by atoms with van der Waals surface area (Å²) in [6.07, 6.45) is 0.0953. The van der Waals surface area contributed by atoms with E-state index in [0.29, 0.717) is 16.1 Å². The van der Waals surface area contributed by atoms with Crippen LogP contribution in [0.4, 0.5) is 0 Å². The van der Waals surface area contributed by atoms with Crippen LogP contribution in [0.15, 0.2) is 48.5 Å². The predicted octanol–water partition coefficient (Wildman–Crippen LogP) is 3.92. The molecule has 0 aliphatic carbocycles. The molecular weight excluding hydrogens is 314 g/mol. The summed E-state index contributed by atoms with van der Waals surface area (Å²) < 4.78 is 5.11. The molecule has 2 aromatic rings. The number of halogens is 1. The van der Waals surface area contributed by atoms with E-state index in [2.05, 4.69) is 0 Å². The Morgan fingerprint density at radius 1 is 1.09 bits per heavy atom. The highest BCUT2D eigenvalue weighted by molar-refractivity contribution is 6.30. The van der Waals surface area contributed by atoms with Crippen LogP contribution in [0.2, 0.25) is 5.02 Å². The first-order chi connectivity index (χ1) is 11.1. The highest BCUT2D eigenvalue weighted by Gasteiger charge is 2.10. The van der Waals surface area contributed by atoms with Gasteiger partial charge in [-0.25, -0.2) is 0 Å². The van der Waals surface area contributed by atoms with Gasteiger partial charge in [-0.2, -0.15) is 5.26 Å². The molecule has 0 spiro atoms. The van der Waals surface area contributed by atoms with E-state index in [-0.39, 0.29) is 25.2 Å². The molecule has 23 heavy (non-hydrogen) atoms. The van der Waals surface area contributed by atoms with Crippen LogP contribution in [-0.4, -0.2) is 11.8 Å². The number of nitrogens with zero attached hydrogens (tertiary/aromatic N) is 1. The SMILES string of the molecule is N#Cc1cccc(COC(=O)CCC(=O)c2ccc(Cl)cc2)c1. The van der Waals surface area contributed by atoms with Crippen molar-refractivity contribution in [3.05, 3.63) is 70.2 Å². The summed E-state index contributed by atoms with van der Waals surface area (Å²) in [5.74, 6) is -0.584. The number of carbonyl (C=O) groups is 2. The van der Waals surface area contributed by atoms with Gasteiger partial charge in [0.2, 0.25) is 0 Å². The Morgan fingerprint density at radius 2 is 1.83 bits per heavy atom. The van der Waals surface area contributed by atoms with Gasteiger partial charge < -0.3 is 4.74 Å². The number of hydrogen-bond acceptors (Lipinski definition) is 4. The smallest absolute Gasteiger partial charge is 0.306 e. The summed E-state index contributed by atoms with van der Waals surface area (Å²) >= 11 is 5.76. The molecule has 0 amide bonds. The fraction of sp³-hybridized carbons (Fsp3) is 0.167. The van der Waals surface area contributed by atoms with E-state index in [1.54, 1.807) is 48.5 Å². The van der Waals surface area contributed by atoms with Gasteiger partial charge >= 0.3 is 5.97 Å². The molecule has 116 valence electrons. The summed E-state index contributed by atoms with van der Waals surface area (Å²) in [6.45, 7) is 0.0868. The molecule has 4 nitrogen and oxygen atoms in total. The van der Waals surface area contributed by atoms with Crippen molar-refractivity contribution in [2.24, 2.45) is 0 Å². The monoisotopic (exact) mass is 327 g/mol. The van der Waals surface area contributed by atoms with Gasteiger partial charge in [0.15, 0.2) is 5.78 Å². The largest absolute Gasteiger partial charge is 0.461 e.